The lowest BCUT2D eigenvalue weighted by molar-refractivity contribution is -0.161. The molecule has 0 aromatic heterocycles. The molecule has 1 saturated heterocycles. The fraction of sp³-hybridized carbons (Fsp3) is 0.333. The van der Waals surface area contributed by atoms with Gasteiger partial charge in [0.25, 0.3) is 5.72 Å². The molecule has 17 heavy (non-hydrogen) atoms. The van der Waals surface area contributed by atoms with Crippen LogP contribution >= 0.6 is 0 Å². The first-order valence-corrected chi connectivity index (χ1v) is 5.35. The molecular weight excluding hydrogens is 222 g/mol. The van der Waals surface area contributed by atoms with E-state index in [9.17, 15) is 9.59 Å². The second-order valence-electron chi connectivity index (χ2n) is 4.17. The van der Waals surface area contributed by atoms with Gasteiger partial charge in [-0.25, -0.2) is 4.79 Å². The number of hydrogen-bond acceptors (Lipinski definition) is 4. The maximum absolute atomic E-state index is 11.9. The van der Waals surface area contributed by atoms with Crippen LogP contribution in [0.2, 0.25) is 0 Å². The molecule has 5 heteroatoms. The smallest absolute Gasteiger partial charge is 0.372 e. The number of rotatable bonds is 1. The van der Waals surface area contributed by atoms with Gasteiger partial charge in [0.1, 0.15) is 5.75 Å². The van der Waals surface area contributed by atoms with E-state index in [4.69, 9.17) is 9.47 Å². The van der Waals surface area contributed by atoms with E-state index < -0.39 is 11.7 Å². The summed E-state index contributed by atoms with van der Waals surface area (Å²) >= 11 is 0. The van der Waals surface area contributed by atoms with Gasteiger partial charge >= 0.3 is 5.97 Å². The highest BCUT2D eigenvalue weighted by molar-refractivity contribution is 5.94. The molecule has 1 N–H and O–H groups in total. The number of ether oxygens (including phenoxy) is 2. The van der Waals surface area contributed by atoms with Crippen molar-refractivity contribution >= 4 is 11.9 Å². The second kappa shape index (κ2) is 3.23. The Kier molecular flexibility index (Phi) is 1.92. The van der Waals surface area contributed by atoms with Gasteiger partial charge in [-0.15, -0.1) is 0 Å². The SMILES string of the molecule is COC(=O)[C@@]12NC(=O)C[C@@H]1c1ccccc1O2. The number of carbonyl (C=O) groups is 2. The van der Waals surface area contributed by atoms with E-state index in [0.717, 1.165) is 5.56 Å². The first-order valence-electron chi connectivity index (χ1n) is 5.35. The highest BCUT2D eigenvalue weighted by atomic mass is 16.6. The Labute approximate surface area is 97.7 Å². The molecule has 1 aromatic carbocycles. The summed E-state index contributed by atoms with van der Waals surface area (Å²) in [6, 6.07) is 7.33. The van der Waals surface area contributed by atoms with Crippen molar-refractivity contribution in [3.63, 3.8) is 0 Å². The summed E-state index contributed by atoms with van der Waals surface area (Å²) in [5, 5.41) is 2.59. The summed E-state index contributed by atoms with van der Waals surface area (Å²) in [4.78, 5) is 23.4. The van der Waals surface area contributed by atoms with E-state index in [0.29, 0.717) is 5.75 Å². The Bertz CT molecular complexity index is 513. The van der Waals surface area contributed by atoms with E-state index in [2.05, 4.69) is 5.32 Å². The molecule has 88 valence electrons. The summed E-state index contributed by atoms with van der Waals surface area (Å²) in [5.74, 6) is -0.444. The van der Waals surface area contributed by atoms with Crippen molar-refractivity contribution in [2.75, 3.05) is 7.11 Å². The molecule has 3 rings (SSSR count). The van der Waals surface area contributed by atoms with Gasteiger partial charge in [-0.1, -0.05) is 18.2 Å². The number of fused-ring (bicyclic) bond motifs is 3. The van der Waals surface area contributed by atoms with Gasteiger partial charge in [-0.2, -0.15) is 0 Å². The van der Waals surface area contributed by atoms with Crippen molar-refractivity contribution in [1.29, 1.82) is 0 Å². The molecule has 0 spiro atoms. The average molecular weight is 233 g/mol. The van der Waals surface area contributed by atoms with Crippen LogP contribution in [-0.2, 0) is 14.3 Å². The lowest BCUT2D eigenvalue weighted by atomic mass is 9.91. The second-order valence-corrected chi connectivity index (χ2v) is 4.17. The van der Waals surface area contributed by atoms with Crippen LogP contribution in [0, 0.1) is 0 Å². The third-order valence-electron chi connectivity index (χ3n) is 3.26. The minimum absolute atomic E-state index is 0.199. The fourth-order valence-corrected chi connectivity index (χ4v) is 2.52. The molecule has 2 heterocycles. The number of para-hydroxylation sites is 1. The predicted octanol–water partition coefficient (Wildman–Crippen LogP) is 0.552. The number of nitrogens with one attached hydrogen (secondary N) is 1. The first kappa shape index (κ1) is 10.1. The Morgan fingerprint density at radius 1 is 1.53 bits per heavy atom. The van der Waals surface area contributed by atoms with Crippen molar-refractivity contribution in [2.45, 2.75) is 18.1 Å². The standard InChI is InChI=1S/C12H11NO4/c1-16-11(15)12-8(6-10(14)13-12)7-4-2-3-5-9(7)17-12/h2-5,8H,6H2,1H3,(H,13,14)/t8-,12-/m1/s1. The largest absolute Gasteiger partial charge is 0.465 e. The zero-order valence-corrected chi connectivity index (χ0v) is 9.23. The van der Waals surface area contributed by atoms with E-state index in [1.165, 1.54) is 7.11 Å². The van der Waals surface area contributed by atoms with Crippen LogP contribution in [0.1, 0.15) is 17.9 Å². The van der Waals surface area contributed by atoms with Gasteiger partial charge in [0.15, 0.2) is 0 Å². The van der Waals surface area contributed by atoms with E-state index in [1.54, 1.807) is 6.07 Å². The summed E-state index contributed by atoms with van der Waals surface area (Å²) in [6.45, 7) is 0. The third-order valence-corrected chi connectivity index (χ3v) is 3.26. The monoisotopic (exact) mass is 233 g/mol. The fourth-order valence-electron chi connectivity index (χ4n) is 2.52. The number of methoxy groups -OCH3 is 1. The lowest BCUT2D eigenvalue weighted by Gasteiger charge is -2.24. The maximum Gasteiger partial charge on any atom is 0.372 e. The molecule has 0 aliphatic carbocycles. The maximum atomic E-state index is 11.9. The summed E-state index contributed by atoms with van der Waals surface area (Å²) in [7, 11) is 1.28. The molecule has 1 fully saturated rings. The van der Waals surface area contributed by atoms with Crippen molar-refractivity contribution in [3.8, 4) is 5.75 Å². The quantitative estimate of drug-likeness (QED) is 0.719. The van der Waals surface area contributed by atoms with Crippen molar-refractivity contribution in [3.05, 3.63) is 29.8 Å². The van der Waals surface area contributed by atoms with Gasteiger partial charge < -0.3 is 14.8 Å². The van der Waals surface area contributed by atoms with Gasteiger partial charge in [0.2, 0.25) is 5.91 Å². The number of benzene rings is 1. The van der Waals surface area contributed by atoms with Crippen LogP contribution in [0.15, 0.2) is 24.3 Å². The summed E-state index contributed by atoms with van der Waals surface area (Å²) in [5.41, 5.74) is -0.494. The highest BCUT2D eigenvalue weighted by Crippen LogP contribution is 2.48. The predicted molar refractivity (Wildman–Crippen MR) is 57.3 cm³/mol. The zero-order valence-electron chi connectivity index (χ0n) is 9.23. The molecular formula is C12H11NO4. The molecule has 2 aliphatic heterocycles. The van der Waals surface area contributed by atoms with Gasteiger partial charge in [-0.05, 0) is 6.07 Å². The molecule has 1 aromatic rings. The third kappa shape index (κ3) is 1.19. The number of amides is 1. The topological polar surface area (TPSA) is 64.6 Å². The molecule has 2 aliphatic rings. The van der Waals surface area contributed by atoms with Crippen molar-refractivity contribution in [2.24, 2.45) is 0 Å². The molecule has 0 bridgehead atoms. The highest BCUT2D eigenvalue weighted by Gasteiger charge is 2.61. The number of hydrogen-bond donors (Lipinski definition) is 1. The lowest BCUT2D eigenvalue weighted by Crippen LogP contribution is -2.55. The van der Waals surface area contributed by atoms with Gasteiger partial charge in [0.05, 0.1) is 13.0 Å². The summed E-state index contributed by atoms with van der Waals surface area (Å²) in [6.07, 6.45) is 0.242. The molecule has 0 saturated carbocycles. The first-order chi connectivity index (χ1) is 8.17. The average Bonchev–Trinajstić information content (AvgIpc) is 2.80. The number of esters is 1. The van der Waals surface area contributed by atoms with Crippen LogP contribution in [0.3, 0.4) is 0 Å². The number of carbonyl (C=O) groups excluding carboxylic acids is 2. The van der Waals surface area contributed by atoms with Crippen LogP contribution in [0.25, 0.3) is 0 Å². The Morgan fingerprint density at radius 3 is 3.06 bits per heavy atom. The Morgan fingerprint density at radius 2 is 2.29 bits per heavy atom. The molecule has 2 atom stereocenters. The van der Waals surface area contributed by atoms with E-state index >= 15 is 0 Å². The normalized spacial score (nSPS) is 29.0. The minimum Gasteiger partial charge on any atom is -0.465 e. The van der Waals surface area contributed by atoms with Crippen LogP contribution in [0.5, 0.6) is 5.75 Å². The van der Waals surface area contributed by atoms with Gasteiger partial charge in [-0.3, -0.25) is 4.79 Å². The molecule has 5 nitrogen and oxygen atoms in total. The van der Waals surface area contributed by atoms with Crippen LogP contribution < -0.4 is 10.1 Å². The van der Waals surface area contributed by atoms with Crippen LogP contribution in [-0.4, -0.2) is 24.7 Å². The van der Waals surface area contributed by atoms with E-state index in [-0.39, 0.29) is 18.2 Å². The Hall–Kier alpha value is -2.04. The minimum atomic E-state index is -1.37. The van der Waals surface area contributed by atoms with Crippen LogP contribution in [0.4, 0.5) is 0 Å². The molecule has 0 radical (unpaired) electrons. The van der Waals surface area contributed by atoms with Crippen molar-refractivity contribution < 1.29 is 19.1 Å². The van der Waals surface area contributed by atoms with E-state index in [1.807, 2.05) is 18.2 Å². The van der Waals surface area contributed by atoms with Crippen molar-refractivity contribution in [1.82, 2.24) is 5.32 Å². The summed E-state index contributed by atoms with van der Waals surface area (Å²) < 4.78 is 10.4. The molecule has 0 unspecified atom stereocenters. The zero-order chi connectivity index (χ0) is 12.0. The van der Waals surface area contributed by atoms with Gasteiger partial charge in [0, 0.05) is 12.0 Å². The molecule has 1 amide bonds. The Balaban J connectivity index is 2.11.